The van der Waals surface area contributed by atoms with Crippen molar-refractivity contribution >= 4 is 70.9 Å². The predicted octanol–water partition coefficient (Wildman–Crippen LogP) is 6.15. The Hall–Kier alpha value is -6.87. The molecule has 0 radical (unpaired) electrons. The van der Waals surface area contributed by atoms with Crippen LogP contribution in [0.5, 0.6) is 0 Å². The summed E-state index contributed by atoms with van der Waals surface area (Å²) < 4.78 is 48.3. The molecule has 25 nitrogen and oxygen atoms in total. The number of alkyl halides is 3. The van der Waals surface area contributed by atoms with Crippen LogP contribution in [0.3, 0.4) is 0 Å². The summed E-state index contributed by atoms with van der Waals surface area (Å²) in [6.45, 7) is 6.52. The monoisotopic (exact) mass is 1470 g/mol. The highest BCUT2D eigenvalue weighted by molar-refractivity contribution is 6.01. The van der Waals surface area contributed by atoms with E-state index in [9.17, 15) is 37.1 Å². The van der Waals surface area contributed by atoms with Crippen LogP contribution in [0.4, 0.5) is 13.2 Å². The molecule has 13 atom stereocenters. The average molecular weight is 1470 g/mol. The van der Waals surface area contributed by atoms with Gasteiger partial charge in [-0.2, -0.15) is 13.2 Å². The second-order valence-electron chi connectivity index (χ2n) is 32.1. The minimum Gasteiger partial charge on any atom is -0.381 e. The first-order valence-electron chi connectivity index (χ1n) is 38.8. The van der Waals surface area contributed by atoms with Gasteiger partial charge in [-0.05, 0) is 139 Å². The van der Waals surface area contributed by atoms with Gasteiger partial charge >= 0.3 is 6.18 Å². The molecule has 3 heterocycles. The summed E-state index contributed by atoms with van der Waals surface area (Å²) in [5.41, 5.74) is -1.49. The van der Waals surface area contributed by atoms with Crippen molar-refractivity contribution in [3.8, 4) is 0 Å². The van der Waals surface area contributed by atoms with Crippen molar-refractivity contribution in [2.24, 2.45) is 35.5 Å². The van der Waals surface area contributed by atoms with Crippen LogP contribution in [-0.4, -0.2) is 282 Å². The predicted molar refractivity (Wildman–Crippen MR) is 383 cm³/mol. The second-order valence-corrected chi connectivity index (χ2v) is 32.1. The van der Waals surface area contributed by atoms with E-state index in [-0.39, 0.29) is 113 Å². The Kier molecular flexibility index (Phi) is 28.8. The van der Waals surface area contributed by atoms with Gasteiger partial charge in [0.1, 0.15) is 60.4 Å². The summed E-state index contributed by atoms with van der Waals surface area (Å²) in [4.78, 5) is 196. The van der Waals surface area contributed by atoms with E-state index in [1.54, 1.807) is 0 Å². The second kappa shape index (κ2) is 36.1. The fourth-order valence-electron chi connectivity index (χ4n) is 17.6. The van der Waals surface area contributed by atoms with Gasteiger partial charge in [-0.15, -0.1) is 0 Å². The molecule has 8 aliphatic rings. The van der Waals surface area contributed by atoms with Crippen LogP contribution in [0.2, 0.25) is 0 Å². The standard InChI is InChI=1S/C76H121F3N12O13/c1-14-25-55-66(95)81-64(48(4)15-2)72(101)90(52-33-34-52)46-63(94)85(9)56-30-20-17-23-39-89(71(56)100)59(41-49-26-18-16-19-27-49)69(98)83(7)45-61(92)80-54(36-32-50-31-35-53(76(77,78)79)60(42-50)104-13)67(96)91-44-47(3)40-58(91)70(99)88(12)75(37-24-38-75)74(103)87(11)65(51-28-21-22-29-51)73(102)86(10)57(68(97)82(5)6)43-62(93)84(55)8/h17,20,47-60,64-65H,14-16,18-19,21-46H2,1-13H3,(H,80,92)(H,81,95)/b20-17-/t47-,48-,50?,53?,54-,55-,56-,57-,58-,59-,60?,64-,65-/m0/s1. The van der Waals surface area contributed by atoms with Crippen LogP contribution in [0.15, 0.2) is 12.2 Å². The molecule has 5 aliphatic carbocycles. The van der Waals surface area contributed by atoms with Crippen molar-refractivity contribution in [3.05, 3.63) is 12.2 Å². The van der Waals surface area contributed by atoms with Crippen LogP contribution in [0.25, 0.3) is 0 Å². The molecule has 3 unspecified atom stereocenters. The summed E-state index contributed by atoms with van der Waals surface area (Å²) in [6, 6.07) is -10.0. The zero-order valence-electron chi connectivity index (χ0n) is 64.2. The number of hydrogen-bond donors (Lipinski definition) is 2. The van der Waals surface area contributed by atoms with Crippen LogP contribution in [0.1, 0.15) is 201 Å². The minimum atomic E-state index is -4.50. The average Bonchev–Trinajstić information content (AvgIpc) is 1.10. The Balaban J connectivity index is 1.19. The number of carbonyl (C=O) groups is 12. The lowest BCUT2D eigenvalue weighted by atomic mass is 9.73. The number of methoxy groups -OCH3 is 1. The third-order valence-electron chi connectivity index (χ3n) is 24.8. The normalized spacial score (nSPS) is 31.4. The first-order chi connectivity index (χ1) is 49.2. The number of fused-ring (bicyclic) bond motifs is 3. The third kappa shape index (κ3) is 19.1. The smallest absolute Gasteiger partial charge is 0.381 e. The summed E-state index contributed by atoms with van der Waals surface area (Å²) >= 11 is 0. The summed E-state index contributed by atoms with van der Waals surface area (Å²) in [7, 11) is 13.1. The number of rotatable bonds is 13. The van der Waals surface area contributed by atoms with Gasteiger partial charge in [-0.1, -0.05) is 97.6 Å². The molecule has 3 aliphatic heterocycles. The zero-order valence-corrected chi connectivity index (χ0v) is 64.2. The number of nitrogens with zero attached hydrogens (tertiary/aromatic N) is 10. The van der Waals surface area contributed by atoms with Crippen molar-refractivity contribution in [2.75, 3.05) is 89.7 Å². The van der Waals surface area contributed by atoms with Gasteiger partial charge in [-0.3, -0.25) is 57.5 Å². The van der Waals surface area contributed by atoms with Crippen molar-refractivity contribution in [1.29, 1.82) is 0 Å². The van der Waals surface area contributed by atoms with Crippen LogP contribution >= 0.6 is 0 Å². The molecular formula is C76H121F3N12O13. The first kappa shape index (κ1) is 82.8. The van der Waals surface area contributed by atoms with E-state index in [4.69, 9.17) is 4.74 Å². The lowest BCUT2D eigenvalue weighted by molar-refractivity contribution is -0.215. The van der Waals surface area contributed by atoms with Crippen molar-refractivity contribution < 1.29 is 75.4 Å². The molecule has 28 heteroatoms. The number of likely N-dealkylation sites (N-methyl/N-ethyl adjacent to an activating group) is 7. The molecule has 2 N–H and O–H groups in total. The molecule has 104 heavy (non-hydrogen) atoms. The van der Waals surface area contributed by atoms with Gasteiger partial charge in [0, 0.05) is 82.6 Å². The number of halogens is 3. The Labute approximate surface area is 614 Å². The maximum Gasteiger partial charge on any atom is 0.394 e. The lowest BCUT2D eigenvalue weighted by Crippen LogP contribution is -2.68. The molecule has 0 aromatic heterocycles. The highest BCUT2D eigenvalue weighted by atomic mass is 19.4. The Morgan fingerprint density at radius 1 is 0.654 bits per heavy atom. The Morgan fingerprint density at radius 2 is 1.32 bits per heavy atom. The highest BCUT2D eigenvalue weighted by Crippen LogP contribution is 2.45. The maximum absolute atomic E-state index is 15.7. The molecule has 12 amide bonds. The fraction of sp³-hybridized carbons (Fsp3) is 0.816. The Morgan fingerprint density at radius 3 is 1.91 bits per heavy atom. The summed E-state index contributed by atoms with van der Waals surface area (Å²) in [5, 5.41) is 5.90. The van der Waals surface area contributed by atoms with Gasteiger partial charge in [0.25, 0.3) is 0 Å². The van der Waals surface area contributed by atoms with Gasteiger partial charge in [0.2, 0.25) is 70.9 Å². The Bertz CT molecular complexity index is 3120. The molecule has 5 saturated carbocycles. The molecule has 8 rings (SSSR count). The van der Waals surface area contributed by atoms with Crippen LogP contribution in [0, 0.1) is 35.5 Å². The molecule has 2 bridgehead atoms. The quantitative estimate of drug-likeness (QED) is 0.196. The van der Waals surface area contributed by atoms with E-state index >= 15 is 33.6 Å². The van der Waals surface area contributed by atoms with Crippen molar-refractivity contribution in [1.82, 2.24) is 59.6 Å². The molecular weight excluding hydrogens is 1350 g/mol. The van der Waals surface area contributed by atoms with E-state index in [0.29, 0.717) is 51.4 Å². The molecule has 2 saturated heterocycles. The SMILES string of the molecule is CCC[C@H]1C(=O)N[C@@H]([C@@H](C)CC)C(=O)N(C2CC2)CC(=O)N(C)[C@H]2C/C=C\CCN(C2=O)[C@@H](CC2CCCCC2)C(=O)N(C)CC(=O)N[C@@H](CCC2CCC(C(F)(F)F)C(OC)C2)C(=O)N2C[C@@H](C)C[C@H]2C(=O)N(C)C2(CCC2)C(=O)N(C)[C@@H](C2CCCC2)C(=O)N(C)[C@H](C(=O)N(C)C)CC(=O)N1C. The topological polar surface area (TPSA) is 271 Å². The molecule has 7 fully saturated rings. The van der Waals surface area contributed by atoms with E-state index in [0.717, 1.165) is 44.9 Å². The van der Waals surface area contributed by atoms with Gasteiger partial charge in [0.15, 0.2) is 0 Å². The number of hydrogen-bond acceptors (Lipinski definition) is 13. The van der Waals surface area contributed by atoms with Crippen molar-refractivity contribution in [3.63, 3.8) is 0 Å². The van der Waals surface area contributed by atoms with E-state index in [1.807, 2.05) is 39.8 Å². The number of amides is 12. The van der Waals surface area contributed by atoms with Crippen molar-refractivity contribution in [2.45, 2.75) is 273 Å². The molecule has 0 aromatic carbocycles. The van der Waals surface area contributed by atoms with E-state index in [1.165, 1.54) is 112 Å². The lowest BCUT2D eigenvalue weighted by Gasteiger charge is -2.51. The first-order valence-corrected chi connectivity index (χ1v) is 38.8. The molecule has 584 valence electrons. The van der Waals surface area contributed by atoms with Crippen LogP contribution < -0.4 is 10.6 Å². The van der Waals surface area contributed by atoms with E-state index in [2.05, 4.69) is 10.6 Å². The van der Waals surface area contributed by atoms with Gasteiger partial charge in [-0.25, -0.2) is 0 Å². The fourth-order valence-corrected chi connectivity index (χ4v) is 17.6. The largest absolute Gasteiger partial charge is 0.394 e. The van der Waals surface area contributed by atoms with Gasteiger partial charge < -0.3 is 64.4 Å². The third-order valence-corrected chi connectivity index (χ3v) is 24.8. The summed E-state index contributed by atoms with van der Waals surface area (Å²) in [5.74, 6) is -10.3. The minimum absolute atomic E-state index is 0.0281. The van der Waals surface area contributed by atoms with Crippen LogP contribution in [-0.2, 0) is 62.3 Å². The molecule has 0 aromatic rings. The molecule has 1 spiro atoms. The van der Waals surface area contributed by atoms with E-state index < -0.39 is 168 Å². The highest BCUT2D eigenvalue weighted by Gasteiger charge is 2.57. The number of nitrogens with one attached hydrogen (secondary N) is 2. The number of carbonyl (C=O) groups excluding carboxylic acids is 12. The number of ether oxygens (including phenoxy) is 1. The maximum atomic E-state index is 15.7. The van der Waals surface area contributed by atoms with Gasteiger partial charge in [0.05, 0.1) is 25.0 Å². The summed E-state index contributed by atoms with van der Waals surface area (Å²) in [6.07, 6.45) is 8.62. The zero-order chi connectivity index (χ0) is 76.4.